The van der Waals surface area contributed by atoms with E-state index in [0.29, 0.717) is 17.2 Å². The molecule has 0 aliphatic carbocycles. The smallest absolute Gasteiger partial charge is 0.240 e. The Balaban J connectivity index is 1.21. The van der Waals surface area contributed by atoms with Crippen LogP contribution in [-0.4, -0.2) is 43.4 Å². The van der Waals surface area contributed by atoms with Gasteiger partial charge in [-0.3, -0.25) is 4.79 Å². The van der Waals surface area contributed by atoms with Crippen molar-refractivity contribution < 1.29 is 13.2 Å². The molecule has 2 aliphatic heterocycles. The van der Waals surface area contributed by atoms with Crippen LogP contribution in [0.4, 0.5) is 17.2 Å². The van der Waals surface area contributed by atoms with Crippen LogP contribution in [0.2, 0.25) is 0 Å². The number of hydrogen-bond donors (Lipinski definition) is 4. The van der Waals surface area contributed by atoms with E-state index >= 15 is 0 Å². The van der Waals surface area contributed by atoms with Gasteiger partial charge in [-0.2, -0.15) is 0 Å². The van der Waals surface area contributed by atoms with Gasteiger partial charge in [-0.25, -0.2) is 23.1 Å². The number of pyridine rings is 2. The van der Waals surface area contributed by atoms with E-state index < -0.39 is 15.4 Å². The molecule has 41 heavy (non-hydrogen) atoms. The summed E-state index contributed by atoms with van der Waals surface area (Å²) in [5.74, 6) is 6.90. The fourth-order valence-corrected chi connectivity index (χ4v) is 6.43. The van der Waals surface area contributed by atoms with Crippen molar-refractivity contribution in [2.45, 2.75) is 43.0 Å². The van der Waals surface area contributed by atoms with Gasteiger partial charge in [0.1, 0.15) is 11.5 Å². The Morgan fingerprint density at radius 2 is 1.76 bits per heavy atom. The first-order valence-electron chi connectivity index (χ1n) is 13.5. The Bertz CT molecular complexity index is 1820. The van der Waals surface area contributed by atoms with E-state index in [-0.39, 0.29) is 16.8 Å². The number of benzene rings is 2. The maximum Gasteiger partial charge on any atom is 0.240 e. The number of rotatable bonds is 5. The Hall–Kier alpha value is -4.30. The number of fused-ring (bicyclic) bond motifs is 2. The summed E-state index contributed by atoms with van der Waals surface area (Å²) in [5, 5.41) is 11.1. The van der Waals surface area contributed by atoms with Crippen LogP contribution in [0.1, 0.15) is 43.5 Å². The van der Waals surface area contributed by atoms with E-state index in [4.69, 9.17) is 0 Å². The van der Waals surface area contributed by atoms with Crippen LogP contribution in [0.25, 0.3) is 10.8 Å². The summed E-state index contributed by atoms with van der Waals surface area (Å²) in [6.45, 7) is 5.43. The number of aromatic nitrogens is 2. The fraction of sp³-hybridized carbons (Fsp3) is 0.258. The molecule has 0 radical (unpaired) electrons. The molecule has 208 valence electrons. The number of amides is 1. The van der Waals surface area contributed by atoms with Gasteiger partial charge in [0.15, 0.2) is 0 Å². The van der Waals surface area contributed by atoms with Crippen LogP contribution in [0.15, 0.2) is 71.9 Å². The first-order chi connectivity index (χ1) is 19.7. The van der Waals surface area contributed by atoms with Crippen LogP contribution in [0, 0.1) is 11.8 Å². The maximum absolute atomic E-state index is 12.8. The highest BCUT2D eigenvalue weighted by Gasteiger charge is 2.38. The molecular weight excluding hydrogens is 536 g/mol. The molecule has 9 nitrogen and oxygen atoms in total. The summed E-state index contributed by atoms with van der Waals surface area (Å²) in [6.07, 6.45) is 5.00. The number of nitrogens with one attached hydrogen (secondary N) is 4. The number of hydrogen-bond acceptors (Lipinski definition) is 7. The Morgan fingerprint density at radius 1 is 0.976 bits per heavy atom. The Morgan fingerprint density at radius 3 is 2.54 bits per heavy atom. The highest BCUT2D eigenvalue weighted by molar-refractivity contribution is 7.89. The van der Waals surface area contributed by atoms with Crippen molar-refractivity contribution in [3.05, 3.63) is 83.8 Å². The van der Waals surface area contributed by atoms with E-state index in [9.17, 15) is 13.2 Å². The molecule has 10 heteroatoms. The van der Waals surface area contributed by atoms with Crippen molar-refractivity contribution in [3.8, 4) is 11.8 Å². The third kappa shape index (κ3) is 5.52. The van der Waals surface area contributed by atoms with Gasteiger partial charge in [-0.15, -0.1) is 0 Å². The van der Waals surface area contributed by atoms with Gasteiger partial charge < -0.3 is 16.0 Å². The van der Waals surface area contributed by atoms with Crippen LogP contribution in [0.5, 0.6) is 0 Å². The van der Waals surface area contributed by atoms with Crippen molar-refractivity contribution in [3.63, 3.8) is 0 Å². The first-order valence-corrected chi connectivity index (χ1v) is 15.0. The third-order valence-electron chi connectivity index (χ3n) is 7.58. The SMILES string of the molecule is CC1(C)C(=O)Nc2cc(C#Cc3nccc4cnc(Nc5ccc(S(=O)(=O)NC6CCNCC6)cc5)cc34)ccc21. The van der Waals surface area contributed by atoms with Gasteiger partial charge in [0.25, 0.3) is 0 Å². The van der Waals surface area contributed by atoms with Gasteiger partial charge in [-0.1, -0.05) is 12.0 Å². The molecule has 2 aromatic carbocycles. The quantitative estimate of drug-likeness (QED) is 0.269. The Kier molecular flexibility index (Phi) is 6.95. The number of carbonyl (C=O) groups excluding carboxylic acids is 1. The second kappa shape index (κ2) is 10.6. The lowest BCUT2D eigenvalue weighted by atomic mass is 9.86. The van der Waals surface area contributed by atoms with Crippen LogP contribution in [-0.2, 0) is 20.2 Å². The Labute approximate surface area is 239 Å². The largest absolute Gasteiger partial charge is 0.340 e. The summed E-state index contributed by atoms with van der Waals surface area (Å²) < 4.78 is 28.4. The van der Waals surface area contributed by atoms with Crippen molar-refractivity contribution in [1.82, 2.24) is 20.0 Å². The predicted octanol–water partition coefficient (Wildman–Crippen LogP) is 4.03. The lowest BCUT2D eigenvalue weighted by molar-refractivity contribution is -0.119. The zero-order chi connectivity index (χ0) is 28.6. The molecule has 6 rings (SSSR count). The van der Waals surface area contributed by atoms with Gasteiger partial charge in [0.2, 0.25) is 15.9 Å². The van der Waals surface area contributed by atoms with Crippen LogP contribution < -0.4 is 20.7 Å². The molecular formula is C31H30N6O3S. The molecule has 0 spiro atoms. The number of sulfonamides is 1. The van der Waals surface area contributed by atoms with Gasteiger partial charge in [0, 0.05) is 46.1 Å². The lowest BCUT2D eigenvalue weighted by Crippen LogP contribution is -2.42. The molecule has 4 heterocycles. The average Bonchev–Trinajstić information content (AvgIpc) is 3.19. The zero-order valence-electron chi connectivity index (χ0n) is 22.8. The summed E-state index contributed by atoms with van der Waals surface area (Å²) in [5.41, 5.74) is 3.27. The molecule has 2 aliphatic rings. The van der Waals surface area contributed by atoms with Crippen LogP contribution >= 0.6 is 0 Å². The lowest BCUT2D eigenvalue weighted by Gasteiger charge is -2.23. The fourth-order valence-electron chi connectivity index (χ4n) is 5.13. The number of anilines is 3. The molecule has 1 amide bonds. The van der Waals surface area contributed by atoms with Crippen LogP contribution in [0.3, 0.4) is 0 Å². The highest BCUT2D eigenvalue weighted by atomic mass is 32.2. The summed E-state index contributed by atoms with van der Waals surface area (Å²) >= 11 is 0. The van der Waals surface area contributed by atoms with Crippen molar-refractivity contribution in [2.75, 3.05) is 23.7 Å². The third-order valence-corrected chi connectivity index (χ3v) is 9.12. The predicted molar refractivity (Wildman–Crippen MR) is 160 cm³/mol. The minimum absolute atomic E-state index is 0.0222. The van der Waals surface area contributed by atoms with E-state index in [1.165, 1.54) is 0 Å². The van der Waals surface area contributed by atoms with Crippen molar-refractivity contribution in [2.24, 2.45) is 0 Å². The van der Waals surface area contributed by atoms with Gasteiger partial charge in [0.05, 0.1) is 10.3 Å². The highest BCUT2D eigenvalue weighted by Crippen LogP contribution is 2.37. The summed E-state index contributed by atoms with van der Waals surface area (Å²) in [7, 11) is -3.59. The standard InChI is InChI=1S/C31H30N6O3S/c1-31(2)26-9-3-20(17-28(26)36-30(31)38)4-10-27-25-18-29(34-19-21(25)11-16-33-27)35-22-5-7-24(8-6-22)41(39,40)37-23-12-14-32-15-13-23/h3,5-9,11,16-19,23,32,37H,12-15H2,1-2H3,(H,34,35)(H,36,38). The molecule has 0 saturated carbocycles. The normalized spacial score (nSPS) is 16.5. The minimum atomic E-state index is -3.59. The van der Waals surface area contributed by atoms with E-state index in [2.05, 4.69) is 42.5 Å². The number of carbonyl (C=O) groups is 1. The first kappa shape index (κ1) is 26.9. The van der Waals surface area contributed by atoms with Gasteiger partial charge >= 0.3 is 0 Å². The zero-order valence-corrected chi connectivity index (χ0v) is 23.6. The van der Waals surface area contributed by atoms with E-state index in [0.717, 1.165) is 53.5 Å². The maximum atomic E-state index is 12.8. The second-order valence-corrected chi connectivity index (χ2v) is 12.5. The molecule has 0 bridgehead atoms. The number of piperidine rings is 1. The van der Waals surface area contributed by atoms with Crippen molar-refractivity contribution in [1.29, 1.82) is 0 Å². The topological polar surface area (TPSA) is 125 Å². The monoisotopic (exact) mass is 566 g/mol. The molecule has 4 aromatic rings. The molecule has 1 fully saturated rings. The molecule has 1 saturated heterocycles. The second-order valence-electron chi connectivity index (χ2n) is 10.8. The molecule has 4 N–H and O–H groups in total. The molecule has 0 atom stereocenters. The minimum Gasteiger partial charge on any atom is -0.340 e. The van der Waals surface area contributed by atoms with E-state index in [1.54, 1.807) is 36.7 Å². The summed E-state index contributed by atoms with van der Waals surface area (Å²) in [4.78, 5) is 21.5. The number of nitrogens with zero attached hydrogens (tertiary/aromatic N) is 2. The average molecular weight is 567 g/mol. The van der Waals surface area contributed by atoms with Crippen molar-refractivity contribution >= 4 is 43.9 Å². The van der Waals surface area contributed by atoms with E-state index in [1.807, 2.05) is 44.2 Å². The molecule has 0 unspecified atom stereocenters. The molecule has 2 aromatic heterocycles. The van der Waals surface area contributed by atoms with Gasteiger partial charge in [-0.05, 0) is 99.8 Å². The summed E-state index contributed by atoms with van der Waals surface area (Å²) in [6, 6.07) is 16.1.